The van der Waals surface area contributed by atoms with Crippen LogP contribution >= 0.6 is 0 Å². The first-order chi connectivity index (χ1) is 11.2. The van der Waals surface area contributed by atoms with E-state index in [1.54, 1.807) is 0 Å². The first kappa shape index (κ1) is 15.1. The lowest BCUT2D eigenvalue weighted by atomic mass is 10.0. The van der Waals surface area contributed by atoms with Crippen LogP contribution in [0, 0.1) is 0 Å². The average molecular weight is 309 g/mol. The molecule has 1 aliphatic rings. The molecule has 0 aromatic heterocycles. The van der Waals surface area contributed by atoms with Gasteiger partial charge in [0.1, 0.15) is 6.04 Å². The zero-order valence-corrected chi connectivity index (χ0v) is 13.0. The van der Waals surface area contributed by atoms with E-state index >= 15 is 0 Å². The van der Waals surface area contributed by atoms with Gasteiger partial charge in [-0.1, -0.05) is 30.3 Å². The fraction of sp³-hybridized carbons (Fsp3) is 0.222. The van der Waals surface area contributed by atoms with E-state index < -0.39 is 6.04 Å². The second kappa shape index (κ2) is 6.52. The highest BCUT2D eigenvalue weighted by Crippen LogP contribution is 2.32. The van der Waals surface area contributed by atoms with Crippen LogP contribution < -0.4 is 15.5 Å². The van der Waals surface area contributed by atoms with Crippen LogP contribution in [-0.2, 0) is 9.59 Å². The van der Waals surface area contributed by atoms with Crippen molar-refractivity contribution in [3.8, 4) is 0 Å². The Labute approximate surface area is 135 Å². The van der Waals surface area contributed by atoms with Gasteiger partial charge in [-0.15, -0.1) is 0 Å². The third-order valence-corrected chi connectivity index (χ3v) is 3.93. The number of fused-ring (bicyclic) bond motifs is 1. The summed E-state index contributed by atoms with van der Waals surface area (Å²) < 4.78 is 0. The number of amides is 2. The van der Waals surface area contributed by atoms with E-state index in [9.17, 15) is 9.59 Å². The van der Waals surface area contributed by atoms with Crippen molar-refractivity contribution in [3.05, 3.63) is 54.6 Å². The standard InChI is InChI=1S/C18H19N3O2/c1-2-21-15-11-7-6-10-14(15)20-18(23)16(21)12-17(22)19-13-8-4-3-5-9-13/h3-11,16H,2,12H2,1H3,(H,19,22)(H,20,23). The Balaban J connectivity index is 1.76. The summed E-state index contributed by atoms with van der Waals surface area (Å²) in [6.45, 7) is 2.64. The van der Waals surface area contributed by atoms with Crippen LogP contribution in [0.25, 0.3) is 0 Å². The SMILES string of the molecule is CCN1c2ccccc2NC(=O)C1CC(=O)Nc1ccccc1. The smallest absolute Gasteiger partial charge is 0.247 e. The number of para-hydroxylation sites is 3. The van der Waals surface area contributed by atoms with Gasteiger partial charge in [-0.25, -0.2) is 0 Å². The Kier molecular flexibility index (Phi) is 4.28. The molecule has 3 rings (SSSR count). The predicted molar refractivity (Wildman–Crippen MR) is 91.6 cm³/mol. The number of hydrogen-bond donors (Lipinski definition) is 2. The monoisotopic (exact) mass is 309 g/mol. The average Bonchev–Trinajstić information content (AvgIpc) is 2.56. The molecule has 2 aromatic rings. The first-order valence-electron chi connectivity index (χ1n) is 7.70. The summed E-state index contributed by atoms with van der Waals surface area (Å²) in [6.07, 6.45) is 0.114. The molecule has 5 heteroatoms. The molecule has 23 heavy (non-hydrogen) atoms. The topological polar surface area (TPSA) is 61.4 Å². The fourth-order valence-corrected chi connectivity index (χ4v) is 2.86. The zero-order chi connectivity index (χ0) is 16.2. The second-order valence-electron chi connectivity index (χ2n) is 5.43. The quantitative estimate of drug-likeness (QED) is 0.913. The number of rotatable bonds is 4. The molecule has 118 valence electrons. The Hall–Kier alpha value is -2.82. The normalized spacial score (nSPS) is 16.5. The van der Waals surface area contributed by atoms with Crippen molar-refractivity contribution < 1.29 is 9.59 Å². The van der Waals surface area contributed by atoms with E-state index in [2.05, 4.69) is 10.6 Å². The molecule has 2 amide bonds. The summed E-state index contributed by atoms with van der Waals surface area (Å²) in [5.41, 5.74) is 2.48. The van der Waals surface area contributed by atoms with Gasteiger partial charge in [0.15, 0.2) is 0 Å². The summed E-state index contributed by atoms with van der Waals surface area (Å²) in [4.78, 5) is 26.6. The van der Waals surface area contributed by atoms with Gasteiger partial charge < -0.3 is 15.5 Å². The molecule has 0 saturated heterocycles. The zero-order valence-electron chi connectivity index (χ0n) is 13.0. The number of benzene rings is 2. The van der Waals surface area contributed by atoms with E-state index in [4.69, 9.17) is 0 Å². The first-order valence-corrected chi connectivity index (χ1v) is 7.70. The summed E-state index contributed by atoms with van der Waals surface area (Å²) >= 11 is 0. The molecular weight excluding hydrogens is 290 g/mol. The summed E-state index contributed by atoms with van der Waals surface area (Å²) in [5, 5.41) is 5.72. The van der Waals surface area contributed by atoms with Crippen molar-refractivity contribution in [3.63, 3.8) is 0 Å². The molecule has 0 spiro atoms. The summed E-state index contributed by atoms with van der Waals surface area (Å²) in [6, 6.07) is 16.4. The molecule has 1 atom stereocenters. The minimum absolute atomic E-state index is 0.114. The molecule has 2 aromatic carbocycles. The van der Waals surface area contributed by atoms with Crippen LogP contribution in [-0.4, -0.2) is 24.4 Å². The third-order valence-electron chi connectivity index (χ3n) is 3.93. The molecule has 5 nitrogen and oxygen atoms in total. The summed E-state index contributed by atoms with van der Waals surface area (Å²) in [7, 11) is 0. The number of carbonyl (C=O) groups excluding carboxylic acids is 2. The van der Waals surface area contributed by atoms with Crippen molar-refractivity contribution in [2.75, 3.05) is 22.1 Å². The molecule has 1 unspecified atom stereocenters. The molecule has 1 heterocycles. The highest BCUT2D eigenvalue weighted by molar-refractivity contribution is 6.06. The lowest BCUT2D eigenvalue weighted by Gasteiger charge is -2.37. The summed E-state index contributed by atoms with van der Waals surface area (Å²) in [5.74, 6) is -0.317. The van der Waals surface area contributed by atoms with Crippen LogP contribution in [0.4, 0.5) is 17.1 Å². The maximum atomic E-state index is 12.4. The van der Waals surface area contributed by atoms with Gasteiger partial charge in [0.25, 0.3) is 0 Å². The van der Waals surface area contributed by atoms with Gasteiger partial charge in [-0.05, 0) is 31.2 Å². The lowest BCUT2D eigenvalue weighted by molar-refractivity contribution is -0.122. The van der Waals surface area contributed by atoms with Gasteiger partial charge in [0, 0.05) is 12.2 Å². The number of anilines is 3. The number of hydrogen-bond acceptors (Lipinski definition) is 3. The van der Waals surface area contributed by atoms with Crippen LogP contribution in [0.1, 0.15) is 13.3 Å². The van der Waals surface area contributed by atoms with E-state index in [0.717, 1.165) is 17.1 Å². The van der Waals surface area contributed by atoms with Crippen LogP contribution in [0.15, 0.2) is 54.6 Å². The Morgan fingerprint density at radius 3 is 2.57 bits per heavy atom. The molecule has 1 aliphatic heterocycles. The van der Waals surface area contributed by atoms with Crippen molar-refractivity contribution >= 4 is 28.9 Å². The van der Waals surface area contributed by atoms with E-state index in [-0.39, 0.29) is 18.2 Å². The van der Waals surface area contributed by atoms with Gasteiger partial charge >= 0.3 is 0 Å². The van der Waals surface area contributed by atoms with Crippen molar-refractivity contribution in [1.82, 2.24) is 0 Å². The van der Waals surface area contributed by atoms with E-state index in [1.165, 1.54) is 0 Å². The minimum atomic E-state index is -0.501. The van der Waals surface area contributed by atoms with E-state index in [0.29, 0.717) is 6.54 Å². The molecule has 0 radical (unpaired) electrons. The number of carbonyl (C=O) groups is 2. The van der Waals surface area contributed by atoms with Gasteiger partial charge in [0.2, 0.25) is 11.8 Å². The molecule has 2 N–H and O–H groups in total. The molecule has 0 fully saturated rings. The van der Waals surface area contributed by atoms with Gasteiger partial charge in [0.05, 0.1) is 17.8 Å². The largest absolute Gasteiger partial charge is 0.358 e. The third kappa shape index (κ3) is 3.18. The number of likely N-dealkylation sites (N-methyl/N-ethyl adjacent to an activating group) is 1. The van der Waals surface area contributed by atoms with Crippen LogP contribution in [0.2, 0.25) is 0 Å². The van der Waals surface area contributed by atoms with Crippen molar-refractivity contribution in [2.24, 2.45) is 0 Å². The Morgan fingerprint density at radius 2 is 1.83 bits per heavy atom. The highest BCUT2D eigenvalue weighted by atomic mass is 16.2. The predicted octanol–water partition coefficient (Wildman–Crippen LogP) is 2.86. The van der Waals surface area contributed by atoms with Gasteiger partial charge in [-0.2, -0.15) is 0 Å². The van der Waals surface area contributed by atoms with E-state index in [1.807, 2.05) is 66.4 Å². The maximum absolute atomic E-state index is 12.4. The van der Waals surface area contributed by atoms with Crippen LogP contribution in [0.5, 0.6) is 0 Å². The van der Waals surface area contributed by atoms with Crippen LogP contribution in [0.3, 0.4) is 0 Å². The lowest BCUT2D eigenvalue weighted by Crippen LogP contribution is -2.49. The van der Waals surface area contributed by atoms with Crippen molar-refractivity contribution in [1.29, 1.82) is 0 Å². The van der Waals surface area contributed by atoms with Crippen molar-refractivity contribution in [2.45, 2.75) is 19.4 Å². The molecular formula is C18H19N3O2. The highest BCUT2D eigenvalue weighted by Gasteiger charge is 2.33. The number of nitrogens with zero attached hydrogens (tertiary/aromatic N) is 1. The second-order valence-corrected chi connectivity index (χ2v) is 5.43. The Bertz CT molecular complexity index is 715. The Morgan fingerprint density at radius 1 is 1.13 bits per heavy atom. The minimum Gasteiger partial charge on any atom is -0.358 e. The van der Waals surface area contributed by atoms with Gasteiger partial charge in [-0.3, -0.25) is 9.59 Å². The number of nitrogens with one attached hydrogen (secondary N) is 2. The fourth-order valence-electron chi connectivity index (χ4n) is 2.86. The molecule has 0 bridgehead atoms. The molecule has 0 saturated carbocycles. The molecule has 0 aliphatic carbocycles. The maximum Gasteiger partial charge on any atom is 0.247 e.